The first-order chi connectivity index (χ1) is 9.64. The summed E-state index contributed by atoms with van der Waals surface area (Å²) in [5, 5.41) is 20.3. The Bertz CT molecular complexity index is 509. The van der Waals surface area contributed by atoms with Crippen molar-refractivity contribution in [1.82, 2.24) is 25.0 Å². The van der Waals surface area contributed by atoms with Gasteiger partial charge < -0.3 is 24.6 Å². The van der Waals surface area contributed by atoms with Crippen molar-refractivity contribution < 1.29 is 14.6 Å². The summed E-state index contributed by atoms with van der Waals surface area (Å²) in [6.45, 7) is 5.12. The summed E-state index contributed by atoms with van der Waals surface area (Å²) in [6.07, 6.45) is 0. The minimum absolute atomic E-state index is 0.0236. The molecule has 110 valence electrons. The highest BCUT2D eigenvalue weighted by Gasteiger charge is 2.40. The number of ether oxygens (including phenoxy) is 1. The Balaban J connectivity index is 1.74. The summed E-state index contributed by atoms with van der Waals surface area (Å²) in [6, 6.07) is 0. The lowest BCUT2D eigenvalue weighted by molar-refractivity contribution is -0.160. The van der Waals surface area contributed by atoms with Crippen molar-refractivity contribution in [3.63, 3.8) is 0 Å². The van der Waals surface area contributed by atoms with E-state index in [1.807, 2.05) is 11.5 Å². The van der Waals surface area contributed by atoms with Gasteiger partial charge in [0.25, 0.3) is 5.91 Å². The van der Waals surface area contributed by atoms with Crippen LogP contribution in [0.25, 0.3) is 0 Å². The second-order valence-electron chi connectivity index (χ2n) is 5.33. The van der Waals surface area contributed by atoms with Crippen molar-refractivity contribution in [3.05, 3.63) is 11.6 Å². The maximum absolute atomic E-state index is 12.6. The van der Waals surface area contributed by atoms with E-state index in [9.17, 15) is 9.90 Å². The molecule has 8 heteroatoms. The number of morpholine rings is 1. The third-order valence-corrected chi connectivity index (χ3v) is 3.87. The molecule has 2 aliphatic heterocycles. The van der Waals surface area contributed by atoms with E-state index in [-0.39, 0.29) is 12.5 Å². The third kappa shape index (κ3) is 2.19. The molecule has 2 N–H and O–H groups in total. The standard InChI is InChI=1S/C12H19N5O3/c1-12(8-13-2-5-20-12)11(19)16-3-4-17-9(6-16)14-15-10(17)7-18/h13,18H,2-8H2,1H3/t12-/m0/s1. The molecule has 1 saturated heterocycles. The fraction of sp³-hybridized carbons (Fsp3) is 0.750. The van der Waals surface area contributed by atoms with E-state index in [4.69, 9.17) is 4.74 Å². The predicted molar refractivity (Wildman–Crippen MR) is 68.6 cm³/mol. The smallest absolute Gasteiger partial charge is 0.256 e. The SMILES string of the molecule is C[C@@]1(C(=O)N2CCn3c(CO)nnc3C2)CNCCO1. The zero-order valence-corrected chi connectivity index (χ0v) is 11.5. The number of hydrogen-bond donors (Lipinski definition) is 2. The van der Waals surface area contributed by atoms with Crippen LogP contribution in [0, 0.1) is 0 Å². The van der Waals surface area contributed by atoms with Gasteiger partial charge in [-0.15, -0.1) is 10.2 Å². The van der Waals surface area contributed by atoms with Crippen LogP contribution in [-0.2, 0) is 29.2 Å². The van der Waals surface area contributed by atoms with Gasteiger partial charge >= 0.3 is 0 Å². The zero-order valence-electron chi connectivity index (χ0n) is 11.5. The Morgan fingerprint density at radius 1 is 1.50 bits per heavy atom. The lowest BCUT2D eigenvalue weighted by Gasteiger charge is -2.38. The first kappa shape index (κ1) is 13.5. The molecule has 8 nitrogen and oxygen atoms in total. The highest BCUT2D eigenvalue weighted by molar-refractivity contribution is 5.85. The first-order valence-corrected chi connectivity index (χ1v) is 6.80. The monoisotopic (exact) mass is 281 g/mol. The number of carbonyl (C=O) groups is 1. The quantitative estimate of drug-likeness (QED) is 0.685. The van der Waals surface area contributed by atoms with Gasteiger partial charge in [-0.3, -0.25) is 4.79 Å². The molecule has 0 saturated carbocycles. The highest BCUT2D eigenvalue weighted by atomic mass is 16.5. The Hall–Kier alpha value is -1.51. The van der Waals surface area contributed by atoms with Crippen LogP contribution in [0.2, 0.25) is 0 Å². The number of carbonyl (C=O) groups excluding carboxylic acids is 1. The van der Waals surface area contributed by atoms with Gasteiger partial charge in [0.2, 0.25) is 0 Å². The molecule has 0 spiro atoms. The van der Waals surface area contributed by atoms with Crippen LogP contribution in [0.5, 0.6) is 0 Å². The van der Waals surface area contributed by atoms with Crippen LogP contribution in [-0.4, -0.2) is 62.5 Å². The maximum atomic E-state index is 12.6. The van der Waals surface area contributed by atoms with Gasteiger partial charge in [-0.05, 0) is 6.92 Å². The Morgan fingerprint density at radius 3 is 3.05 bits per heavy atom. The second kappa shape index (κ2) is 5.12. The van der Waals surface area contributed by atoms with Crippen LogP contribution in [0.1, 0.15) is 18.6 Å². The first-order valence-electron chi connectivity index (χ1n) is 6.80. The highest BCUT2D eigenvalue weighted by Crippen LogP contribution is 2.20. The van der Waals surface area contributed by atoms with Gasteiger partial charge in [0.15, 0.2) is 17.2 Å². The fourth-order valence-electron chi connectivity index (χ4n) is 2.71. The van der Waals surface area contributed by atoms with Crippen molar-refractivity contribution in [2.75, 3.05) is 26.2 Å². The average molecular weight is 281 g/mol. The average Bonchev–Trinajstić information content (AvgIpc) is 2.89. The number of amides is 1. The minimum atomic E-state index is -0.805. The molecular weight excluding hydrogens is 262 g/mol. The molecule has 3 rings (SSSR count). The van der Waals surface area contributed by atoms with Crippen molar-refractivity contribution in [3.8, 4) is 0 Å². The van der Waals surface area contributed by atoms with Crippen molar-refractivity contribution in [2.45, 2.75) is 32.2 Å². The number of rotatable bonds is 2. The van der Waals surface area contributed by atoms with Gasteiger partial charge in [0.05, 0.1) is 13.2 Å². The zero-order chi connectivity index (χ0) is 14.2. The minimum Gasteiger partial charge on any atom is -0.388 e. The molecule has 1 aromatic rings. The molecule has 1 aromatic heterocycles. The number of aliphatic hydroxyl groups is 1. The maximum Gasteiger partial charge on any atom is 0.256 e. The summed E-state index contributed by atoms with van der Waals surface area (Å²) >= 11 is 0. The summed E-state index contributed by atoms with van der Waals surface area (Å²) in [4.78, 5) is 14.4. The van der Waals surface area contributed by atoms with Crippen LogP contribution >= 0.6 is 0 Å². The lowest BCUT2D eigenvalue weighted by atomic mass is 10.0. The fourth-order valence-corrected chi connectivity index (χ4v) is 2.71. The molecule has 0 bridgehead atoms. The summed E-state index contributed by atoms with van der Waals surface area (Å²) < 4.78 is 7.53. The van der Waals surface area contributed by atoms with Gasteiger partial charge in [0, 0.05) is 26.2 Å². The summed E-state index contributed by atoms with van der Waals surface area (Å²) in [5.41, 5.74) is -0.805. The number of hydrogen-bond acceptors (Lipinski definition) is 6. The molecule has 0 aromatic carbocycles. The van der Waals surface area contributed by atoms with Gasteiger partial charge in [-0.25, -0.2) is 0 Å². The van der Waals surface area contributed by atoms with E-state index >= 15 is 0 Å². The van der Waals surface area contributed by atoms with Gasteiger partial charge in [0.1, 0.15) is 6.61 Å². The van der Waals surface area contributed by atoms with Crippen LogP contribution in [0.4, 0.5) is 0 Å². The number of nitrogens with one attached hydrogen (secondary N) is 1. The van der Waals surface area contributed by atoms with E-state index in [1.54, 1.807) is 4.90 Å². The van der Waals surface area contributed by atoms with E-state index < -0.39 is 5.60 Å². The Labute approximate surface area is 116 Å². The Kier molecular flexibility index (Phi) is 3.45. The normalized spacial score (nSPS) is 26.4. The van der Waals surface area contributed by atoms with Crippen molar-refractivity contribution in [1.29, 1.82) is 0 Å². The molecule has 0 radical (unpaired) electrons. The molecule has 1 amide bonds. The van der Waals surface area contributed by atoms with E-state index in [2.05, 4.69) is 15.5 Å². The molecule has 0 aliphatic carbocycles. The molecule has 1 atom stereocenters. The molecule has 2 aliphatic rings. The largest absolute Gasteiger partial charge is 0.388 e. The number of aromatic nitrogens is 3. The topological polar surface area (TPSA) is 92.5 Å². The summed E-state index contributed by atoms with van der Waals surface area (Å²) in [7, 11) is 0. The third-order valence-electron chi connectivity index (χ3n) is 3.87. The van der Waals surface area contributed by atoms with Crippen molar-refractivity contribution >= 4 is 5.91 Å². The Morgan fingerprint density at radius 2 is 2.35 bits per heavy atom. The number of aliphatic hydroxyl groups excluding tert-OH is 1. The predicted octanol–water partition coefficient (Wildman–Crippen LogP) is -1.51. The van der Waals surface area contributed by atoms with Crippen molar-refractivity contribution in [2.24, 2.45) is 0 Å². The van der Waals surface area contributed by atoms with Crippen LogP contribution in [0.3, 0.4) is 0 Å². The lowest BCUT2D eigenvalue weighted by Crippen LogP contribution is -2.58. The van der Waals surface area contributed by atoms with Gasteiger partial charge in [-0.2, -0.15) is 0 Å². The molecule has 20 heavy (non-hydrogen) atoms. The van der Waals surface area contributed by atoms with Crippen LogP contribution < -0.4 is 5.32 Å². The van der Waals surface area contributed by atoms with E-state index in [1.165, 1.54) is 0 Å². The molecule has 0 unspecified atom stereocenters. The van der Waals surface area contributed by atoms with E-state index in [0.717, 1.165) is 6.54 Å². The molecule has 3 heterocycles. The summed E-state index contributed by atoms with van der Waals surface area (Å²) in [5.74, 6) is 1.24. The van der Waals surface area contributed by atoms with Crippen LogP contribution in [0.15, 0.2) is 0 Å². The second-order valence-corrected chi connectivity index (χ2v) is 5.33. The van der Waals surface area contributed by atoms with E-state index in [0.29, 0.717) is 44.4 Å². The number of fused-ring (bicyclic) bond motifs is 1. The number of nitrogens with zero attached hydrogens (tertiary/aromatic N) is 4. The van der Waals surface area contributed by atoms with Gasteiger partial charge in [-0.1, -0.05) is 0 Å². The molecule has 1 fully saturated rings. The molecular formula is C12H19N5O3.